The zero-order valence-electron chi connectivity index (χ0n) is 17.8. The van der Waals surface area contributed by atoms with Crippen LogP contribution in [0.25, 0.3) is 0 Å². The average Bonchev–Trinajstić information content (AvgIpc) is 2.82. The molecule has 0 saturated carbocycles. The zero-order chi connectivity index (χ0) is 22.5. The number of nitrogens with one attached hydrogen (secondary N) is 1. The van der Waals surface area contributed by atoms with Crippen LogP contribution in [-0.4, -0.2) is 84.1 Å². The molecule has 0 bridgehead atoms. The Balaban J connectivity index is 1.23. The lowest BCUT2D eigenvalue weighted by Gasteiger charge is -2.40. The van der Waals surface area contributed by atoms with E-state index in [1.54, 1.807) is 6.07 Å². The predicted molar refractivity (Wildman–Crippen MR) is 124 cm³/mol. The van der Waals surface area contributed by atoms with Gasteiger partial charge in [0.15, 0.2) is 5.82 Å². The molecule has 1 atom stereocenters. The fraction of sp³-hybridized carbons (Fsp3) is 0.500. The average molecular weight is 481 g/mol. The third-order valence-corrected chi connectivity index (χ3v) is 6.70. The summed E-state index contributed by atoms with van der Waals surface area (Å²) in [4.78, 5) is 27.6. The largest absolute Gasteiger partial charge is 0.368 e. The van der Waals surface area contributed by atoms with Crippen LogP contribution < -0.4 is 10.2 Å². The molecular formula is C22H27Cl2FN6O. The van der Waals surface area contributed by atoms with Crippen LogP contribution in [0, 0.1) is 5.82 Å². The molecule has 7 nitrogen and oxygen atoms in total. The maximum atomic E-state index is 13.1. The van der Waals surface area contributed by atoms with E-state index >= 15 is 0 Å². The highest BCUT2D eigenvalue weighted by molar-refractivity contribution is 6.42. The molecule has 10 heteroatoms. The standard InChI is InChI=1S/C22H27Cl2FN6O/c23-18-4-3-17(12-19(18)24)30-8-10-31(11-9-30)22(32)20-15-29(7-5-26-20)6-1-2-21-27-13-16(25)14-28-21/h3-4,12-14,20,26H,1-2,5-11,15H2/t20-/m1/s1. The molecule has 1 N–H and O–H groups in total. The summed E-state index contributed by atoms with van der Waals surface area (Å²) in [5, 5.41) is 4.46. The van der Waals surface area contributed by atoms with Gasteiger partial charge in [0, 0.05) is 57.9 Å². The van der Waals surface area contributed by atoms with E-state index in [1.807, 2.05) is 17.0 Å². The number of carbonyl (C=O) groups excluding carboxylic acids is 1. The molecule has 1 aromatic carbocycles. The summed E-state index contributed by atoms with van der Waals surface area (Å²) in [6, 6.07) is 5.45. The van der Waals surface area contributed by atoms with Crippen LogP contribution in [0.3, 0.4) is 0 Å². The molecule has 32 heavy (non-hydrogen) atoms. The second-order valence-electron chi connectivity index (χ2n) is 8.14. The van der Waals surface area contributed by atoms with Crippen molar-refractivity contribution in [2.75, 3.05) is 57.3 Å². The quantitative estimate of drug-likeness (QED) is 0.684. The Morgan fingerprint density at radius 1 is 1.09 bits per heavy atom. The van der Waals surface area contributed by atoms with Crippen molar-refractivity contribution >= 4 is 34.8 Å². The predicted octanol–water partition coefficient (Wildman–Crippen LogP) is 2.48. The molecule has 2 aliphatic rings. The fourth-order valence-corrected chi connectivity index (χ4v) is 4.49. The number of aromatic nitrogens is 2. The minimum absolute atomic E-state index is 0.158. The van der Waals surface area contributed by atoms with Crippen LogP contribution in [0.2, 0.25) is 10.0 Å². The van der Waals surface area contributed by atoms with Crippen LogP contribution >= 0.6 is 23.2 Å². The zero-order valence-corrected chi connectivity index (χ0v) is 19.3. The van der Waals surface area contributed by atoms with Gasteiger partial charge >= 0.3 is 0 Å². The number of benzene rings is 1. The van der Waals surface area contributed by atoms with E-state index < -0.39 is 5.82 Å². The Morgan fingerprint density at radius 2 is 1.84 bits per heavy atom. The highest BCUT2D eigenvalue weighted by atomic mass is 35.5. The van der Waals surface area contributed by atoms with Crippen molar-refractivity contribution in [3.05, 3.63) is 52.3 Å². The van der Waals surface area contributed by atoms with Gasteiger partial charge in [-0.2, -0.15) is 0 Å². The molecular weight excluding hydrogens is 454 g/mol. The van der Waals surface area contributed by atoms with Gasteiger partial charge in [0.1, 0.15) is 5.82 Å². The normalized spacial score (nSPS) is 19.9. The van der Waals surface area contributed by atoms with E-state index in [9.17, 15) is 9.18 Å². The van der Waals surface area contributed by atoms with Crippen molar-refractivity contribution in [1.82, 2.24) is 25.1 Å². The Morgan fingerprint density at radius 3 is 2.56 bits per heavy atom. The number of halogens is 3. The van der Waals surface area contributed by atoms with E-state index in [4.69, 9.17) is 23.2 Å². The molecule has 2 fully saturated rings. The number of carbonyl (C=O) groups is 1. The van der Waals surface area contributed by atoms with Crippen molar-refractivity contribution in [3.63, 3.8) is 0 Å². The summed E-state index contributed by atoms with van der Waals surface area (Å²) in [6.45, 7) is 6.12. The Bertz CT molecular complexity index is 923. The lowest BCUT2D eigenvalue weighted by molar-refractivity contribution is -0.134. The number of amides is 1. The number of aryl methyl sites for hydroxylation is 1. The topological polar surface area (TPSA) is 64.6 Å². The van der Waals surface area contributed by atoms with Gasteiger partial charge in [-0.1, -0.05) is 23.2 Å². The van der Waals surface area contributed by atoms with Gasteiger partial charge in [0.05, 0.1) is 28.5 Å². The molecule has 0 radical (unpaired) electrons. The van der Waals surface area contributed by atoms with Crippen molar-refractivity contribution < 1.29 is 9.18 Å². The second-order valence-corrected chi connectivity index (χ2v) is 8.95. The summed E-state index contributed by atoms with van der Waals surface area (Å²) in [7, 11) is 0. The maximum absolute atomic E-state index is 13.1. The minimum atomic E-state index is -0.421. The Labute approximate surface area is 197 Å². The third kappa shape index (κ3) is 5.86. The molecule has 2 aromatic rings. The smallest absolute Gasteiger partial charge is 0.241 e. The number of rotatable bonds is 6. The van der Waals surface area contributed by atoms with Gasteiger partial charge in [-0.3, -0.25) is 9.69 Å². The molecule has 2 saturated heterocycles. The number of hydrogen-bond acceptors (Lipinski definition) is 6. The van der Waals surface area contributed by atoms with Gasteiger partial charge in [-0.25, -0.2) is 14.4 Å². The van der Waals surface area contributed by atoms with Gasteiger partial charge in [-0.05, 0) is 31.2 Å². The van der Waals surface area contributed by atoms with Crippen molar-refractivity contribution in [3.8, 4) is 0 Å². The third-order valence-electron chi connectivity index (χ3n) is 5.97. The molecule has 3 heterocycles. The van der Waals surface area contributed by atoms with Crippen LogP contribution in [0.4, 0.5) is 10.1 Å². The molecule has 4 rings (SSSR count). The molecule has 2 aliphatic heterocycles. The SMILES string of the molecule is O=C([C@H]1CN(CCCc2ncc(F)cn2)CCN1)N1CCN(c2ccc(Cl)c(Cl)c2)CC1. The summed E-state index contributed by atoms with van der Waals surface area (Å²) >= 11 is 12.2. The van der Waals surface area contributed by atoms with Gasteiger partial charge in [0.2, 0.25) is 5.91 Å². The van der Waals surface area contributed by atoms with E-state index in [0.717, 1.165) is 44.8 Å². The first-order valence-corrected chi connectivity index (χ1v) is 11.7. The van der Waals surface area contributed by atoms with Crippen molar-refractivity contribution in [2.24, 2.45) is 0 Å². The van der Waals surface area contributed by atoms with Gasteiger partial charge < -0.3 is 15.1 Å². The lowest BCUT2D eigenvalue weighted by atomic mass is 10.1. The van der Waals surface area contributed by atoms with Gasteiger partial charge in [-0.15, -0.1) is 0 Å². The summed E-state index contributed by atoms with van der Waals surface area (Å²) < 4.78 is 12.9. The van der Waals surface area contributed by atoms with E-state index in [2.05, 4.69) is 25.1 Å². The summed E-state index contributed by atoms with van der Waals surface area (Å²) in [5.41, 5.74) is 1.03. The fourth-order valence-electron chi connectivity index (χ4n) is 4.20. The van der Waals surface area contributed by atoms with E-state index in [1.165, 1.54) is 12.4 Å². The minimum Gasteiger partial charge on any atom is -0.368 e. The Hall–Kier alpha value is -2.00. The summed E-state index contributed by atoms with van der Waals surface area (Å²) in [6.07, 6.45) is 3.96. The number of nitrogens with zero attached hydrogens (tertiary/aromatic N) is 5. The monoisotopic (exact) mass is 480 g/mol. The maximum Gasteiger partial charge on any atom is 0.241 e. The molecule has 172 valence electrons. The first-order chi connectivity index (χ1) is 15.5. The molecule has 1 aromatic heterocycles. The molecule has 1 amide bonds. The molecule has 0 spiro atoms. The van der Waals surface area contributed by atoms with Crippen LogP contribution in [-0.2, 0) is 11.2 Å². The first-order valence-electron chi connectivity index (χ1n) is 10.9. The first kappa shape index (κ1) is 23.2. The molecule has 0 unspecified atom stereocenters. The summed E-state index contributed by atoms with van der Waals surface area (Å²) in [5.74, 6) is 0.384. The highest BCUT2D eigenvalue weighted by Crippen LogP contribution is 2.27. The Kier molecular flexibility index (Phi) is 7.78. The van der Waals surface area contributed by atoms with E-state index in [-0.39, 0.29) is 11.9 Å². The van der Waals surface area contributed by atoms with Crippen molar-refractivity contribution in [1.29, 1.82) is 0 Å². The van der Waals surface area contributed by atoms with Crippen LogP contribution in [0.5, 0.6) is 0 Å². The number of hydrogen-bond donors (Lipinski definition) is 1. The van der Waals surface area contributed by atoms with E-state index in [0.29, 0.717) is 41.9 Å². The highest BCUT2D eigenvalue weighted by Gasteiger charge is 2.30. The lowest BCUT2D eigenvalue weighted by Crippen LogP contribution is -2.60. The molecule has 0 aliphatic carbocycles. The van der Waals surface area contributed by atoms with Gasteiger partial charge in [0.25, 0.3) is 0 Å². The van der Waals surface area contributed by atoms with Crippen LogP contribution in [0.1, 0.15) is 12.2 Å². The van der Waals surface area contributed by atoms with Crippen molar-refractivity contribution in [2.45, 2.75) is 18.9 Å². The number of anilines is 1. The van der Waals surface area contributed by atoms with Crippen LogP contribution in [0.15, 0.2) is 30.6 Å². The second kappa shape index (κ2) is 10.7. The number of piperazine rings is 2.